The second kappa shape index (κ2) is 10.9. The molecule has 5 N–H and O–H groups in total. The molecule has 3 heterocycles. The van der Waals surface area contributed by atoms with Gasteiger partial charge in [-0.25, -0.2) is 0 Å². The summed E-state index contributed by atoms with van der Waals surface area (Å²) in [6, 6.07) is 2.57. The lowest BCUT2D eigenvalue weighted by Crippen LogP contribution is -2.35. The monoisotopic (exact) mass is 458 g/mol. The number of primary amides is 1. The van der Waals surface area contributed by atoms with Crippen molar-refractivity contribution in [1.82, 2.24) is 19.9 Å². The van der Waals surface area contributed by atoms with Crippen molar-refractivity contribution >= 4 is 40.1 Å². The zero-order valence-corrected chi connectivity index (χ0v) is 19.6. The Morgan fingerprint density at radius 3 is 2.59 bits per heavy atom. The van der Waals surface area contributed by atoms with E-state index in [-0.39, 0.29) is 0 Å². The number of aromatic nitrogens is 3. The summed E-state index contributed by atoms with van der Waals surface area (Å²) < 4.78 is 0. The summed E-state index contributed by atoms with van der Waals surface area (Å²) in [6.07, 6.45) is 9.70. The van der Waals surface area contributed by atoms with Gasteiger partial charge in [-0.2, -0.15) is 15.0 Å². The van der Waals surface area contributed by atoms with Crippen LogP contribution in [0.2, 0.25) is 0 Å². The van der Waals surface area contributed by atoms with Crippen LogP contribution < -0.4 is 21.7 Å². The van der Waals surface area contributed by atoms with Crippen LogP contribution in [0.5, 0.6) is 0 Å². The van der Waals surface area contributed by atoms with Gasteiger partial charge in [-0.3, -0.25) is 9.69 Å². The first-order valence-electron chi connectivity index (χ1n) is 11.8. The highest BCUT2D eigenvalue weighted by molar-refractivity contribution is 7.14. The van der Waals surface area contributed by atoms with Crippen LogP contribution >= 0.6 is 11.3 Å². The molecule has 2 aromatic rings. The number of amides is 1. The van der Waals surface area contributed by atoms with E-state index in [0.717, 1.165) is 32.5 Å². The summed E-state index contributed by atoms with van der Waals surface area (Å²) in [4.78, 5) is 28.1. The highest BCUT2D eigenvalue weighted by Gasteiger charge is 2.23. The van der Waals surface area contributed by atoms with E-state index in [9.17, 15) is 4.79 Å². The smallest absolute Gasteiger partial charge is 0.251 e. The molecule has 32 heavy (non-hydrogen) atoms. The van der Waals surface area contributed by atoms with Gasteiger partial charge >= 0.3 is 0 Å². The Balaban J connectivity index is 1.52. The molecular weight excluding hydrogens is 424 g/mol. The van der Waals surface area contributed by atoms with Crippen molar-refractivity contribution in [3.63, 3.8) is 0 Å². The Bertz CT molecular complexity index is 896. The van der Waals surface area contributed by atoms with E-state index in [1.807, 2.05) is 5.38 Å². The average Bonchev–Trinajstić information content (AvgIpc) is 3.36. The maximum absolute atomic E-state index is 11.7. The molecule has 0 bridgehead atoms. The Morgan fingerprint density at radius 1 is 1.09 bits per heavy atom. The highest BCUT2D eigenvalue weighted by atomic mass is 32.1. The molecule has 1 unspecified atom stereocenters. The largest absolute Gasteiger partial charge is 0.366 e. The number of likely N-dealkylation sites (N-methyl/N-ethyl adjacent to an activating group) is 1. The Labute approximate surface area is 193 Å². The molecule has 1 saturated carbocycles. The van der Waals surface area contributed by atoms with E-state index in [1.165, 1.54) is 49.9 Å². The topological polar surface area (TPSA) is 121 Å². The molecular formula is C22H34N8OS. The first-order chi connectivity index (χ1) is 15.6. The Morgan fingerprint density at radius 2 is 1.84 bits per heavy atom. The Kier molecular flexibility index (Phi) is 7.75. The van der Waals surface area contributed by atoms with E-state index in [2.05, 4.69) is 42.7 Å². The SMILES string of the molecule is CCN1CCCC1CNc1nc(Nc2sccc2C(N)=O)nc(NC2CCCCCC2)n1. The molecule has 1 atom stereocenters. The molecule has 1 aliphatic heterocycles. The standard InChI is InChI=1S/C22H34N8OS/c1-2-30-12-7-10-16(30)14-24-20-27-21(25-15-8-5-3-4-6-9-15)29-22(28-20)26-19-17(18(23)31)11-13-32-19/h11,13,15-16H,2-10,12,14H2,1H3,(H2,23,31)(H3,24,25,26,27,28,29). The summed E-state index contributed by atoms with van der Waals surface area (Å²) >= 11 is 1.40. The highest BCUT2D eigenvalue weighted by Crippen LogP contribution is 2.27. The maximum atomic E-state index is 11.7. The van der Waals surface area contributed by atoms with Crippen molar-refractivity contribution < 1.29 is 4.79 Å². The van der Waals surface area contributed by atoms with Gasteiger partial charge in [-0.15, -0.1) is 11.3 Å². The zero-order chi connectivity index (χ0) is 22.3. The van der Waals surface area contributed by atoms with Crippen molar-refractivity contribution in [2.45, 2.75) is 70.4 Å². The van der Waals surface area contributed by atoms with Crippen LogP contribution in [-0.4, -0.2) is 57.5 Å². The van der Waals surface area contributed by atoms with E-state index in [0.29, 0.717) is 40.5 Å². The minimum atomic E-state index is -0.473. The first-order valence-corrected chi connectivity index (χ1v) is 12.6. The van der Waals surface area contributed by atoms with Gasteiger partial charge in [0.25, 0.3) is 5.91 Å². The van der Waals surface area contributed by atoms with Crippen LogP contribution in [0, 0.1) is 0 Å². The van der Waals surface area contributed by atoms with Crippen LogP contribution in [-0.2, 0) is 0 Å². The van der Waals surface area contributed by atoms with E-state index >= 15 is 0 Å². The van der Waals surface area contributed by atoms with Crippen molar-refractivity contribution in [2.24, 2.45) is 5.73 Å². The molecule has 174 valence electrons. The number of carbonyl (C=O) groups excluding carboxylic acids is 1. The molecule has 4 rings (SSSR count). The summed E-state index contributed by atoms with van der Waals surface area (Å²) in [5.41, 5.74) is 5.94. The molecule has 0 spiro atoms. The summed E-state index contributed by atoms with van der Waals surface area (Å²) in [6.45, 7) is 5.20. The lowest BCUT2D eigenvalue weighted by atomic mass is 10.1. The Hall–Kier alpha value is -2.46. The van der Waals surface area contributed by atoms with Crippen LogP contribution in [0.15, 0.2) is 11.4 Å². The molecule has 1 aliphatic carbocycles. The minimum absolute atomic E-state index is 0.369. The minimum Gasteiger partial charge on any atom is -0.366 e. The van der Waals surface area contributed by atoms with E-state index < -0.39 is 5.91 Å². The van der Waals surface area contributed by atoms with Gasteiger partial charge in [0.05, 0.1) is 5.56 Å². The van der Waals surface area contributed by atoms with Gasteiger partial charge in [-0.05, 0) is 50.2 Å². The maximum Gasteiger partial charge on any atom is 0.251 e. The van der Waals surface area contributed by atoms with Crippen molar-refractivity contribution in [2.75, 3.05) is 35.6 Å². The fourth-order valence-corrected chi connectivity index (χ4v) is 5.42. The number of thiophene rings is 1. The fraction of sp³-hybridized carbons (Fsp3) is 0.636. The van der Waals surface area contributed by atoms with E-state index in [4.69, 9.17) is 5.73 Å². The van der Waals surface area contributed by atoms with Gasteiger partial charge in [0.15, 0.2) is 0 Å². The summed E-state index contributed by atoms with van der Waals surface area (Å²) in [7, 11) is 0. The van der Waals surface area contributed by atoms with Crippen LogP contribution in [0.25, 0.3) is 0 Å². The molecule has 9 nitrogen and oxygen atoms in total. The number of rotatable bonds is 9. The number of nitrogens with zero attached hydrogens (tertiary/aromatic N) is 4. The number of nitrogens with one attached hydrogen (secondary N) is 3. The number of anilines is 4. The van der Waals surface area contributed by atoms with Gasteiger partial charge < -0.3 is 21.7 Å². The van der Waals surface area contributed by atoms with Crippen molar-refractivity contribution in [1.29, 1.82) is 0 Å². The second-order valence-electron chi connectivity index (χ2n) is 8.60. The third-order valence-electron chi connectivity index (χ3n) is 6.38. The molecule has 0 aromatic carbocycles. The van der Waals surface area contributed by atoms with Gasteiger partial charge in [0, 0.05) is 18.6 Å². The molecule has 1 saturated heterocycles. The lowest BCUT2D eigenvalue weighted by Gasteiger charge is -2.23. The predicted octanol–water partition coefficient (Wildman–Crippen LogP) is 3.81. The van der Waals surface area contributed by atoms with Crippen LogP contribution in [0.3, 0.4) is 0 Å². The quantitative estimate of drug-likeness (QED) is 0.419. The number of hydrogen-bond acceptors (Lipinski definition) is 9. The molecule has 1 amide bonds. The molecule has 0 radical (unpaired) electrons. The van der Waals surface area contributed by atoms with Crippen molar-refractivity contribution in [3.8, 4) is 0 Å². The van der Waals surface area contributed by atoms with Crippen molar-refractivity contribution in [3.05, 3.63) is 17.0 Å². The predicted molar refractivity (Wildman–Crippen MR) is 130 cm³/mol. The zero-order valence-electron chi connectivity index (χ0n) is 18.8. The fourth-order valence-electron chi connectivity index (χ4n) is 4.64. The first kappa shape index (κ1) is 22.7. The van der Waals surface area contributed by atoms with Gasteiger partial charge in [0.1, 0.15) is 5.00 Å². The number of nitrogens with two attached hydrogens (primary N) is 1. The number of hydrogen-bond donors (Lipinski definition) is 4. The number of carbonyl (C=O) groups is 1. The van der Waals surface area contributed by atoms with Crippen LogP contribution in [0.1, 0.15) is 68.6 Å². The summed E-state index contributed by atoms with van der Waals surface area (Å²) in [5, 5.41) is 12.6. The lowest BCUT2D eigenvalue weighted by molar-refractivity contribution is 0.100. The molecule has 2 fully saturated rings. The average molecular weight is 459 g/mol. The van der Waals surface area contributed by atoms with Gasteiger partial charge in [-0.1, -0.05) is 32.6 Å². The second-order valence-corrected chi connectivity index (χ2v) is 9.51. The third kappa shape index (κ3) is 5.86. The molecule has 2 aromatic heterocycles. The normalized spacial score (nSPS) is 20.1. The summed E-state index contributed by atoms with van der Waals surface area (Å²) in [5.74, 6) is 1.03. The van der Waals surface area contributed by atoms with Crippen LogP contribution in [0.4, 0.5) is 22.8 Å². The molecule has 10 heteroatoms. The number of likely N-dealkylation sites (tertiary alicyclic amines) is 1. The van der Waals surface area contributed by atoms with E-state index in [1.54, 1.807) is 6.07 Å². The third-order valence-corrected chi connectivity index (χ3v) is 7.21. The molecule has 2 aliphatic rings. The van der Waals surface area contributed by atoms with Gasteiger partial charge in [0.2, 0.25) is 17.8 Å².